The summed E-state index contributed by atoms with van der Waals surface area (Å²) in [7, 11) is 1.30. The minimum atomic E-state index is -0.465. The number of hydrogen-bond acceptors (Lipinski definition) is 6. The molecule has 0 aliphatic rings. The van der Waals surface area contributed by atoms with Crippen molar-refractivity contribution in [2.75, 3.05) is 13.7 Å². The number of ether oxygens (including phenoxy) is 2. The second-order valence-corrected chi connectivity index (χ2v) is 9.89. The van der Waals surface area contributed by atoms with Crippen molar-refractivity contribution in [2.24, 2.45) is 5.10 Å². The Bertz CT molecular complexity index is 1140. The van der Waals surface area contributed by atoms with E-state index < -0.39 is 11.9 Å². The topological polar surface area (TPSA) is 90.1 Å². The molecular formula is C19H12Br2I2N2O5. The van der Waals surface area contributed by atoms with Crippen LogP contribution in [0.3, 0.4) is 0 Å². The largest absolute Gasteiger partial charge is 0.480 e. The van der Waals surface area contributed by atoms with Crippen molar-refractivity contribution in [3.8, 4) is 5.75 Å². The van der Waals surface area contributed by atoms with Crippen LogP contribution in [0, 0.1) is 7.14 Å². The Hall–Kier alpha value is -1.19. The molecule has 0 bridgehead atoms. The highest BCUT2D eigenvalue weighted by Gasteiger charge is 2.14. The number of nitrogens with zero attached hydrogens (tertiary/aromatic N) is 1. The molecule has 11 heteroatoms. The van der Waals surface area contributed by atoms with Crippen molar-refractivity contribution in [1.29, 1.82) is 0 Å². The van der Waals surface area contributed by atoms with Crippen molar-refractivity contribution in [3.05, 3.63) is 57.7 Å². The molecule has 1 amide bonds. The van der Waals surface area contributed by atoms with E-state index in [0.717, 1.165) is 27.0 Å². The first-order valence-electron chi connectivity index (χ1n) is 8.19. The summed E-state index contributed by atoms with van der Waals surface area (Å²) in [5.41, 5.74) is 3.79. The summed E-state index contributed by atoms with van der Waals surface area (Å²) >= 11 is 11.0. The van der Waals surface area contributed by atoms with Gasteiger partial charge in [0.2, 0.25) is 0 Å². The van der Waals surface area contributed by atoms with Gasteiger partial charge in [0.05, 0.1) is 24.9 Å². The van der Waals surface area contributed by atoms with Crippen LogP contribution in [0.25, 0.3) is 11.0 Å². The van der Waals surface area contributed by atoms with Crippen molar-refractivity contribution in [2.45, 2.75) is 0 Å². The van der Waals surface area contributed by atoms with Gasteiger partial charge >= 0.3 is 11.9 Å². The van der Waals surface area contributed by atoms with Gasteiger partial charge < -0.3 is 13.9 Å². The zero-order chi connectivity index (χ0) is 21.8. The average molecular weight is 762 g/mol. The van der Waals surface area contributed by atoms with E-state index in [4.69, 9.17) is 9.15 Å². The third-order valence-corrected chi connectivity index (χ3v) is 6.37. The van der Waals surface area contributed by atoms with Crippen molar-refractivity contribution >= 4 is 106 Å². The molecule has 7 nitrogen and oxygen atoms in total. The molecule has 1 heterocycles. The van der Waals surface area contributed by atoms with Crippen LogP contribution in [-0.4, -0.2) is 31.8 Å². The van der Waals surface area contributed by atoms with E-state index in [1.807, 2.05) is 24.3 Å². The number of benzene rings is 2. The van der Waals surface area contributed by atoms with Gasteiger partial charge in [0.25, 0.3) is 0 Å². The SMILES string of the molecule is COC(=O)COc1c(I)cc(/C=N\NC(=O)c2cc3cc(Br)cc(Br)c3o2)cc1I. The molecule has 0 radical (unpaired) electrons. The number of hydrazone groups is 1. The third-order valence-electron chi connectivity index (χ3n) is 3.72. The fraction of sp³-hybridized carbons (Fsp3) is 0.105. The Morgan fingerprint density at radius 3 is 2.53 bits per heavy atom. The number of hydrogen-bond donors (Lipinski definition) is 1. The quantitative estimate of drug-likeness (QED) is 0.156. The van der Waals surface area contributed by atoms with Crippen LogP contribution < -0.4 is 10.2 Å². The second-order valence-electron chi connectivity index (χ2n) is 5.79. The number of nitrogens with one attached hydrogen (secondary N) is 1. The van der Waals surface area contributed by atoms with Crippen molar-refractivity contribution in [3.63, 3.8) is 0 Å². The number of esters is 1. The van der Waals surface area contributed by atoms with E-state index in [1.165, 1.54) is 13.3 Å². The van der Waals surface area contributed by atoms with Gasteiger partial charge in [-0.05, 0) is 97.0 Å². The molecule has 0 aliphatic carbocycles. The molecule has 3 aromatic rings. The van der Waals surface area contributed by atoms with Crippen molar-refractivity contribution < 1.29 is 23.5 Å². The van der Waals surface area contributed by atoms with Gasteiger partial charge in [-0.25, -0.2) is 10.2 Å². The van der Waals surface area contributed by atoms with E-state index in [9.17, 15) is 9.59 Å². The van der Waals surface area contributed by atoms with Crippen LogP contribution in [0.15, 0.2) is 48.8 Å². The van der Waals surface area contributed by atoms with E-state index in [1.54, 1.807) is 6.07 Å². The predicted molar refractivity (Wildman–Crippen MR) is 136 cm³/mol. The lowest BCUT2D eigenvalue weighted by atomic mass is 10.2. The van der Waals surface area contributed by atoms with Gasteiger partial charge in [-0.2, -0.15) is 5.10 Å². The van der Waals surface area contributed by atoms with E-state index in [-0.39, 0.29) is 12.4 Å². The molecule has 30 heavy (non-hydrogen) atoms. The van der Waals surface area contributed by atoms with Gasteiger partial charge in [-0.15, -0.1) is 0 Å². The molecule has 156 valence electrons. The van der Waals surface area contributed by atoms with E-state index in [2.05, 4.69) is 92.3 Å². The van der Waals surface area contributed by atoms with Gasteiger partial charge in [0.1, 0.15) is 11.3 Å². The molecule has 0 atom stereocenters. The summed E-state index contributed by atoms with van der Waals surface area (Å²) in [6.45, 7) is -0.170. The standard InChI is InChI=1S/C19H12Br2I2N2O5/c1-28-16(26)8-29-18-13(22)2-9(3-14(18)23)7-24-25-19(27)15-5-10-4-11(20)6-12(21)17(10)30-15/h2-7H,8H2,1H3,(H,25,27)/b24-7-. The van der Waals surface area contributed by atoms with Crippen LogP contribution in [0.1, 0.15) is 16.1 Å². The maximum atomic E-state index is 12.4. The molecule has 0 saturated carbocycles. The normalized spacial score (nSPS) is 11.1. The fourth-order valence-electron chi connectivity index (χ4n) is 2.39. The summed E-state index contributed by atoms with van der Waals surface area (Å²) in [6.07, 6.45) is 1.52. The smallest absolute Gasteiger partial charge is 0.343 e. The first-order valence-corrected chi connectivity index (χ1v) is 11.9. The highest BCUT2D eigenvalue weighted by molar-refractivity contribution is 14.1. The minimum Gasteiger partial charge on any atom is -0.480 e. The number of furan rings is 1. The van der Waals surface area contributed by atoms with Crippen molar-refractivity contribution in [1.82, 2.24) is 5.43 Å². The Kier molecular flexibility index (Phi) is 8.15. The van der Waals surface area contributed by atoms with Crippen LogP contribution in [0.2, 0.25) is 0 Å². The molecule has 1 aromatic heterocycles. The minimum absolute atomic E-state index is 0.150. The number of halogens is 4. The number of carbonyl (C=O) groups is 2. The van der Waals surface area contributed by atoms with E-state index >= 15 is 0 Å². The van der Waals surface area contributed by atoms with E-state index in [0.29, 0.717) is 11.3 Å². The van der Waals surface area contributed by atoms with Crippen LogP contribution >= 0.6 is 77.0 Å². The molecule has 3 rings (SSSR count). The monoisotopic (exact) mass is 760 g/mol. The van der Waals surface area contributed by atoms with Gasteiger partial charge in [-0.3, -0.25) is 4.79 Å². The molecule has 0 unspecified atom stereocenters. The van der Waals surface area contributed by atoms with Crippen LogP contribution in [-0.2, 0) is 9.53 Å². The first kappa shape index (κ1) is 23.5. The lowest BCUT2D eigenvalue weighted by Crippen LogP contribution is -2.16. The van der Waals surface area contributed by atoms with Gasteiger partial charge in [0.15, 0.2) is 12.4 Å². The molecule has 2 aromatic carbocycles. The van der Waals surface area contributed by atoms with Gasteiger partial charge in [0, 0.05) is 9.86 Å². The first-order chi connectivity index (χ1) is 14.3. The van der Waals surface area contributed by atoms with Gasteiger partial charge in [-0.1, -0.05) is 15.9 Å². The molecule has 0 saturated heterocycles. The number of fused-ring (bicyclic) bond motifs is 1. The number of amides is 1. The highest BCUT2D eigenvalue weighted by atomic mass is 127. The molecular weight excluding hydrogens is 750 g/mol. The number of carbonyl (C=O) groups excluding carboxylic acids is 2. The number of methoxy groups -OCH3 is 1. The Morgan fingerprint density at radius 1 is 1.17 bits per heavy atom. The summed E-state index contributed by atoms with van der Waals surface area (Å²) in [5, 5.41) is 4.79. The lowest BCUT2D eigenvalue weighted by molar-refractivity contribution is -0.142. The Balaban J connectivity index is 1.69. The zero-order valence-electron chi connectivity index (χ0n) is 15.2. The lowest BCUT2D eigenvalue weighted by Gasteiger charge is -2.10. The maximum Gasteiger partial charge on any atom is 0.343 e. The summed E-state index contributed by atoms with van der Waals surface area (Å²) in [6, 6.07) is 8.99. The Labute approximate surface area is 215 Å². The molecule has 0 spiro atoms. The molecule has 0 fully saturated rings. The third kappa shape index (κ3) is 5.73. The summed E-state index contributed by atoms with van der Waals surface area (Å²) in [4.78, 5) is 23.6. The predicted octanol–water partition coefficient (Wildman–Crippen LogP) is 5.48. The Morgan fingerprint density at radius 2 is 1.87 bits per heavy atom. The summed E-state index contributed by atoms with van der Waals surface area (Å²) in [5.74, 6) is -0.189. The second kappa shape index (κ2) is 10.4. The highest BCUT2D eigenvalue weighted by Crippen LogP contribution is 2.31. The summed E-state index contributed by atoms with van der Waals surface area (Å²) < 4.78 is 18.9. The number of rotatable bonds is 6. The maximum absolute atomic E-state index is 12.4. The van der Waals surface area contributed by atoms with Crippen LogP contribution in [0.5, 0.6) is 5.75 Å². The fourth-order valence-corrected chi connectivity index (χ4v) is 5.86. The molecule has 0 aliphatic heterocycles. The van der Waals surface area contributed by atoms with Crippen LogP contribution in [0.4, 0.5) is 0 Å². The average Bonchev–Trinajstić information content (AvgIpc) is 3.11. The zero-order valence-corrected chi connectivity index (χ0v) is 22.7. The molecule has 1 N–H and O–H groups in total.